The molecule has 0 fully saturated rings. The van der Waals surface area contributed by atoms with Gasteiger partial charge < -0.3 is 9.88 Å². The van der Waals surface area contributed by atoms with Gasteiger partial charge in [0, 0.05) is 19.8 Å². The van der Waals surface area contributed by atoms with Crippen molar-refractivity contribution in [3.05, 3.63) is 46.5 Å². The molecule has 0 aliphatic rings. The number of nitrogens with zero attached hydrogens (tertiary/aromatic N) is 2. The summed E-state index contributed by atoms with van der Waals surface area (Å²) >= 11 is 5.71. The van der Waals surface area contributed by atoms with E-state index in [0.29, 0.717) is 6.54 Å². The van der Waals surface area contributed by atoms with Gasteiger partial charge in [0.1, 0.15) is 5.82 Å². The Labute approximate surface area is 104 Å². The molecule has 90 valence electrons. The van der Waals surface area contributed by atoms with E-state index >= 15 is 0 Å². The molecule has 2 rings (SSSR count). The molecule has 5 heteroatoms. The third-order valence-electron chi connectivity index (χ3n) is 2.43. The summed E-state index contributed by atoms with van der Waals surface area (Å²) in [7, 11) is 1.92. The first-order chi connectivity index (χ1) is 8.06. The van der Waals surface area contributed by atoms with Crippen LogP contribution in [0.15, 0.2) is 24.4 Å². The lowest BCUT2D eigenvalue weighted by Gasteiger charge is -2.06. The average molecular weight is 254 g/mol. The lowest BCUT2D eigenvalue weighted by atomic mass is 10.2. The van der Waals surface area contributed by atoms with Gasteiger partial charge in [-0.15, -0.1) is 0 Å². The molecule has 1 heterocycles. The van der Waals surface area contributed by atoms with Crippen LogP contribution in [0.1, 0.15) is 11.3 Å². The molecule has 0 radical (unpaired) electrons. The first-order valence-corrected chi connectivity index (χ1v) is 5.62. The molecular weight excluding hydrogens is 241 g/mol. The van der Waals surface area contributed by atoms with Gasteiger partial charge in [-0.1, -0.05) is 17.7 Å². The molecule has 0 saturated heterocycles. The van der Waals surface area contributed by atoms with Crippen LogP contribution in [0.25, 0.3) is 0 Å². The van der Waals surface area contributed by atoms with E-state index in [2.05, 4.69) is 10.3 Å². The molecule has 1 aromatic heterocycles. The van der Waals surface area contributed by atoms with E-state index in [9.17, 15) is 4.39 Å². The van der Waals surface area contributed by atoms with Crippen molar-refractivity contribution in [3.63, 3.8) is 0 Å². The molecular formula is C12H13ClFN3. The van der Waals surface area contributed by atoms with Crippen molar-refractivity contribution in [3.8, 4) is 0 Å². The normalized spacial score (nSPS) is 10.6. The zero-order valence-electron chi connectivity index (χ0n) is 9.67. The predicted octanol–water partition coefficient (Wildman–Crippen LogP) is 3.13. The molecule has 17 heavy (non-hydrogen) atoms. The van der Waals surface area contributed by atoms with Crippen molar-refractivity contribution in [2.24, 2.45) is 7.05 Å². The van der Waals surface area contributed by atoms with Crippen molar-refractivity contribution in [1.29, 1.82) is 0 Å². The molecule has 0 atom stereocenters. The van der Waals surface area contributed by atoms with E-state index in [4.69, 9.17) is 11.6 Å². The molecule has 0 aliphatic heterocycles. The maximum atomic E-state index is 13.0. The Hall–Kier alpha value is -1.55. The number of hydrogen-bond acceptors (Lipinski definition) is 2. The molecule has 1 aromatic carbocycles. The summed E-state index contributed by atoms with van der Waals surface area (Å²) in [5.74, 6) is 0.381. The molecule has 2 aromatic rings. The van der Waals surface area contributed by atoms with E-state index in [1.165, 1.54) is 6.07 Å². The maximum absolute atomic E-state index is 13.0. The Morgan fingerprint density at radius 2 is 2.24 bits per heavy atom. The SMILES string of the molecule is Cc1cn(C)c(NCc2ccc(F)c(Cl)c2)n1. The minimum absolute atomic E-state index is 0.139. The summed E-state index contributed by atoms with van der Waals surface area (Å²) in [4.78, 5) is 4.31. The second kappa shape index (κ2) is 4.75. The zero-order chi connectivity index (χ0) is 12.4. The standard InChI is InChI=1S/C12H13ClFN3/c1-8-7-17(2)12(16-8)15-6-9-3-4-11(14)10(13)5-9/h3-5,7H,6H2,1-2H3,(H,15,16). The summed E-state index contributed by atoms with van der Waals surface area (Å²) in [6, 6.07) is 4.67. The fraction of sp³-hybridized carbons (Fsp3) is 0.250. The number of aromatic nitrogens is 2. The Balaban J connectivity index is 2.07. The van der Waals surface area contributed by atoms with Gasteiger partial charge in [0.2, 0.25) is 5.95 Å². The van der Waals surface area contributed by atoms with Crippen LogP contribution in [0.3, 0.4) is 0 Å². The zero-order valence-corrected chi connectivity index (χ0v) is 10.4. The largest absolute Gasteiger partial charge is 0.352 e. The third kappa shape index (κ3) is 2.77. The number of aryl methyl sites for hydroxylation is 2. The van der Waals surface area contributed by atoms with Crippen LogP contribution >= 0.6 is 11.6 Å². The van der Waals surface area contributed by atoms with Gasteiger partial charge >= 0.3 is 0 Å². The molecule has 1 N–H and O–H groups in total. The highest BCUT2D eigenvalue weighted by molar-refractivity contribution is 6.30. The number of halogens is 2. The van der Waals surface area contributed by atoms with Gasteiger partial charge in [-0.05, 0) is 24.6 Å². The highest BCUT2D eigenvalue weighted by Crippen LogP contribution is 2.17. The van der Waals surface area contributed by atoms with Crippen molar-refractivity contribution < 1.29 is 4.39 Å². The summed E-state index contributed by atoms with van der Waals surface area (Å²) in [6.45, 7) is 2.49. The summed E-state index contributed by atoms with van der Waals surface area (Å²) in [5.41, 5.74) is 1.86. The molecule has 0 bridgehead atoms. The number of anilines is 1. The number of rotatable bonds is 3. The average Bonchev–Trinajstić information content (AvgIpc) is 2.59. The van der Waals surface area contributed by atoms with E-state index in [-0.39, 0.29) is 5.02 Å². The monoisotopic (exact) mass is 253 g/mol. The van der Waals surface area contributed by atoms with Crippen molar-refractivity contribution in [2.75, 3.05) is 5.32 Å². The number of hydrogen-bond donors (Lipinski definition) is 1. The van der Waals surface area contributed by atoms with E-state index in [1.807, 2.05) is 24.7 Å². The lowest BCUT2D eigenvalue weighted by Crippen LogP contribution is -2.04. The smallest absolute Gasteiger partial charge is 0.203 e. The van der Waals surface area contributed by atoms with Crippen LogP contribution in [0.2, 0.25) is 5.02 Å². The quantitative estimate of drug-likeness (QED) is 0.911. The maximum Gasteiger partial charge on any atom is 0.203 e. The fourth-order valence-electron chi connectivity index (χ4n) is 1.61. The second-order valence-corrected chi connectivity index (χ2v) is 4.33. The van der Waals surface area contributed by atoms with Crippen LogP contribution in [0.4, 0.5) is 10.3 Å². The number of imidazole rings is 1. The molecule has 0 unspecified atom stereocenters. The first-order valence-electron chi connectivity index (χ1n) is 5.24. The number of nitrogens with one attached hydrogen (secondary N) is 1. The van der Waals surface area contributed by atoms with Crippen molar-refractivity contribution >= 4 is 17.5 Å². The highest BCUT2D eigenvalue weighted by atomic mass is 35.5. The van der Waals surface area contributed by atoms with E-state index in [1.54, 1.807) is 12.1 Å². The third-order valence-corrected chi connectivity index (χ3v) is 2.72. The molecule has 0 saturated carbocycles. The van der Waals surface area contributed by atoms with E-state index < -0.39 is 5.82 Å². The molecule has 0 spiro atoms. The van der Waals surface area contributed by atoms with Crippen molar-refractivity contribution in [2.45, 2.75) is 13.5 Å². The van der Waals surface area contributed by atoms with Crippen molar-refractivity contribution in [1.82, 2.24) is 9.55 Å². The van der Waals surface area contributed by atoms with Crippen LogP contribution in [-0.2, 0) is 13.6 Å². The lowest BCUT2D eigenvalue weighted by molar-refractivity contribution is 0.627. The van der Waals surface area contributed by atoms with Gasteiger partial charge in [-0.25, -0.2) is 9.37 Å². The Morgan fingerprint density at radius 3 is 2.82 bits per heavy atom. The highest BCUT2D eigenvalue weighted by Gasteiger charge is 2.03. The van der Waals surface area contributed by atoms with Gasteiger partial charge in [0.25, 0.3) is 0 Å². The van der Waals surface area contributed by atoms with Gasteiger partial charge in [0.05, 0.1) is 10.7 Å². The minimum atomic E-state index is -0.400. The minimum Gasteiger partial charge on any atom is -0.352 e. The second-order valence-electron chi connectivity index (χ2n) is 3.92. The summed E-state index contributed by atoms with van der Waals surface area (Å²) < 4.78 is 14.9. The predicted molar refractivity (Wildman–Crippen MR) is 66.7 cm³/mol. The van der Waals surface area contributed by atoms with Crippen LogP contribution in [0, 0.1) is 12.7 Å². The fourth-order valence-corrected chi connectivity index (χ4v) is 1.81. The number of benzene rings is 1. The molecule has 3 nitrogen and oxygen atoms in total. The molecule has 0 amide bonds. The van der Waals surface area contributed by atoms with Crippen LogP contribution < -0.4 is 5.32 Å². The Morgan fingerprint density at radius 1 is 1.47 bits per heavy atom. The first kappa shape index (κ1) is 11.9. The van der Waals surface area contributed by atoms with Gasteiger partial charge in [-0.3, -0.25) is 0 Å². The topological polar surface area (TPSA) is 29.9 Å². The summed E-state index contributed by atoms with van der Waals surface area (Å²) in [5, 5.41) is 3.31. The van der Waals surface area contributed by atoms with Crippen LogP contribution in [-0.4, -0.2) is 9.55 Å². The Bertz CT molecular complexity index is 537. The van der Waals surface area contributed by atoms with Crippen LogP contribution in [0.5, 0.6) is 0 Å². The van der Waals surface area contributed by atoms with Gasteiger partial charge in [0.15, 0.2) is 0 Å². The Kier molecular flexibility index (Phi) is 3.33. The van der Waals surface area contributed by atoms with E-state index in [0.717, 1.165) is 17.2 Å². The van der Waals surface area contributed by atoms with Gasteiger partial charge in [-0.2, -0.15) is 0 Å². The molecule has 0 aliphatic carbocycles. The summed E-state index contributed by atoms with van der Waals surface area (Å²) in [6.07, 6.45) is 1.93.